The summed E-state index contributed by atoms with van der Waals surface area (Å²) < 4.78 is 0. The predicted octanol–water partition coefficient (Wildman–Crippen LogP) is 1.77. The Balaban J connectivity index is 2.78. The van der Waals surface area contributed by atoms with E-state index in [1.54, 1.807) is 25.2 Å². The number of rotatable bonds is 2. The molecule has 0 N–H and O–H groups in total. The maximum absolute atomic E-state index is 10.1. The Kier molecular flexibility index (Phi) is 2.25. The monoisotopic (exact) mass is 152 g/mol. The zero-order valence-electron chi connectivity index (χ0n) is 6.10. The lowest BCUT2D eigenvalue weighted by molar-refractivity contribution is 0.860. The lowest BCUT2D eigenvalue weighted by Gasteiger charge is -2.10. The first-order valence-electron chi connectivity index (χ1n) is 3.29. The van der Waals surface area contributed by atoms with E-state index in [0.717, 1.165) is 5.57 Å². The Morgan fingerprint density at radius 2 is 2.00 bits per heavy atom. The van der Waals surface area contributed by atoms with Gasteiger partial charge in [-0.3, -0.25) is 0 Å². The fourth-order valence-corrected chi connectivity index (χ4v) is 0.978. The van der Waals surface area contributed by atoms with Crippen molar-refractivity contribution in [3.8, 4) is 0 Å². The van der Waals surface area contributed by atoms with Gasteiger partial charge in [0.2, 0.25) is 0 Å². The van der Waals surface area contributed by atoms with Crippen molar-refractivity contribution in [3.05, 3.63) is 33.6 Å². The molecule has 11 heavy (non-hydrogen) atoms. The van der Waals surface area contributed by atoms with Gasteiger partial charge in [0.15, 0.2) is 0 Å². The van der Waals surface area contributed by atoms with Crippen molar-refractivity contribution >= 4 is 0 Å². The van der Waals surface area contributed by atoms with Gasteiger partial charge in [0.1, 0.15) is 12.1 Å². The Morgan fingerprint density at radius 1 is 1.27 bits per heavy atom. The van der Waals surface area contributed by atoms with E-state index in [1.165, 1.54) is 0 Å². The Bertz CT molecular complexity index is 233. The quantitative estimate of drug-likeness (QED) is 0.447. The van der Waals surface area contributed by atoms with E-state index in [0.29, 0.717) is 0 Å². The average molecular weight is 152 g/mol. The van der Waals surface area contributed by atoms with Crippen LogP contribution in [0.4, 0.5) is 0 Å². The fourth-order valence-electron chi connectivity index (χ4n) is 0.978. The predicted molar refractivity (Wildman–Crippen MR) is 42.1 cm³/mol. The van der Waals surface area contributed by atoms with E-state index >= 15 is 0 Å². The lowest BCUT2D eigenvalue weighted by Crippen LogP contribution is -2.10. The molecule has 0 bridgehead atoms. The van der Waals surface area contributed by atoms with E-state index in [1.807, 2.05) is 0 Å². The highest BCUT2D eigenvalue weighted by Gasteiger charge is 2.14. The second-order valence-corrected chi connectivity index (χ2v) is 2.44. The number of hydrogen-bond acceptors (Lipinski definition) is 4. The van der Waals surface area contributed by atoms with Crippen LogP contribution in [0.5, 0.6) is 0 Å². The van der Waals surface area contributed by atoms with Gasteiger partial charge >= 0.3 is 0 Å². The highest BCUT2D eigenvalue weighted by molar-refractivity contribution is 5.27. The van der Waals surface area contributed by atoms with Crippen molar-refractivity contribution in [2.24, 2.45) is 10.4 Å². The molecule has 1 aliphatic carbocycles. The largest absolute Gasteiger partial charge is 0.150 e. The van der Waals surface area contributed by atoms with Crippen molar-refractivity contribution in [2.75, 3.05) is 0 Å². The molecule has 1 rings (SSSR count). The molecule has 0 aromatic heterocycles. The first kappa shape index (κ1) is 7.78. The van der Waals surface area contributed by atoms with E-state index in [-0.39, 0.29) is 0 Å². The van der Waals surface area contributed by atoms with Crippen molar-refractivity contribution in [2.45, 2.75) is 19.0 Å². The average Bonchev–Trinajstić information content (AvgIpc) is 2.04. The molecule has 0 aliphatic heterocycles. The summed E-state index contributed by atoms with van der Waals surface area (Å²) in [6.45, 7) is 1.76. The maximum Gasteiger partial charge on any atom is 0.131 e. The minimum absolute atomic E-state index is 0.409. The van der Waals surface area contributed by atoms with Crippen LogP contribution in [0, 0.1) is 9.81 Å². The molecule has 4 nitrogen and oxygen atoms in total. The number of nitroso groups, excluding NO2 is 2. The Morgan fingerprint density at radius 3 is 2.45 bits per heavy atom. The molecule has 2 atom stereocenters. The fraction of sp³-hybridized carbons (Fsp3) is 0.429. The van der Waals surface area contributed by atoms with Crippen molar-refractivity contribution < 1.29 is 0 Å². The van der Waals surface area contributed by atoms with E-state index in [2.05, 4.69) is 10.4 Å². The summed E-state index contributed by atoms with van der Waals surface area (Å²) in [7, 11) is 0. The highest BCUT2D eigenvalue weighted by Crippen LogP contribution is 2.15. The lowest BCUT2D eigenvalue weighted by atomic mass is 10.0. The van der Waals surface area contributed by atoms with Gasteiger partial charge in [0.05, 0.1) is 0 Å². The molecule has 2 unspecified atom stereocenters. The van der Waals surface area contributed by atoms with Crippen LogP contribution in [0.3, 0.4) is 0 Å². The van der Waals surface area contributed by atoms with Crippen LogP contribution in [0.2, 0.25) is 0 Å². The van der Waals surface area contributed by atoms with Crippen molar-refractivity contribution in [1.29, 1.82) is 0 Å². The van der Waals surface area contributed by atoms with Crippen LogP contribution in [-0.4, -0.2) is 12.1 Å². The summed E-state index contributed by atoms with van der Waals surface area (Å²) >= 11 is 0. The Hall–Kier alpha value is -1.32. The van der Waals surface area contributed by atoms with Crippen LogP contribution in [0.25, 0.3) is 0 Å². The minimum Gasteiger partial charge on any atom is -0.150 e. The topological polar surface area (TPSA) is 58.9 Å². The summed E-state index contributed by atoms with van der Waals surface area (Å²) in [5.74, 6) is 0. The maximum atomic E-state index is 10.1. The van der Waals surface area contributed by atoms with E-state index < -0.39 is 12.1 Å². The van der Waals surface area contributed by atoms with Crippen molar-refractivity contribution in [1.82, 2.24) is 0 Å². The van der Waals surface area contributed by atoms with Gasteiger partial charge < -0.3 is 0 Å². The van der Waals surface area contributed by atoms with Gasteiger partial charge in [-0.25, -0.2) is 0 Å². The molecule has 0 radical (unpaired) electrons. The van der Waals surface area contributed by atoms with E-state index in [9.17, 15) is 9.81 Å². The smallest absolute Gasteiger partial charge is 0.131 e. The van der Waals surface area contributed by atoms with E-state index in [4.69, 9.17) is 0 Å². The SMILES string of the molecule is CC1=CC(N=O)C=CC1N=O. The van der Waals surface area contributed by atoms with Gasteiger partial charge in [0, 0.05) is 0 Å². The highest BCUT2D eigenvalue weighted by atomic mass is 16.3. The van der Waals surface area contributed by atoms with Gasteiger partial charge in [-0.05, 0) is 12.5 Å². The zero-order chi connectivity index (χ0) is 8.27. The molecule has 0 aromatic rings. The molecule has 0 aromatic carbocycles. The van der Waals surface area contributed by atoms with Crippen LogP contribution < -0.4 is 0 Å². The third kappa shape index (κ3) is 1.58. The molecule has 0 spiro atoms. The summed E-state index contributed by atoms with van der Waals surface area (Å²) in [5.41, 5.74) is 0.784. The summed E-state index contributed by atoms with van der Waals surface area (Å²) in [5, 5.41) is 5.66. The third-order valence-electron chi connectivity index (χ3n) is 1.63. The molecule has 0 amide bonds. The van der Waals surface area contributed by atoms with Gasteiger partial charge in [-0.2, -0.15) is 0 Å². The summed E-state index contributed by atoms with van der Waals surface area (Å²) in [6, 6.07) is -0.832. The van der Waals surface area contributed by atoms with Crippen LogP contribution in [0.1, 0.15) is 6.92 Å². The van der Waals surface area contributed by atoms with Gasteiger partial charge in [0.25, 0.3) is 0 Å². The van der Waals surface area contributed by atoms with Gasteiger partial charge in [-0.15, -0.1) is 9.81 Å². The molecule has 0 heterocycles. The summed E-state index contributed by atoms with van der Waals surface area (Å²) in [6.07, 6.45) is 4.81. The third-order valence-corrected chi connectivity index (χ3v) is 1.63. The molecule has 58 valence electrons. The normalized spacial score (nSPS) is 29.4. The Labute approximate surface area is 63.9 Å². The summed E-state index contributed by atoms with van der Waals surface area (Å²) in [4.78, 5) is 20.2. The first-order valence-corrected chi connectivity index (χ1v) is 3.29. The molecular formula is C7H8N2O2. The molecule has 4 heteroatoms. The van der Waals surface area contributed by atoms with Crippen molar-refractivity contribution in [3.63, 3.8) is 0 Å². The van der Waals surface area contributed by atoms with Crippen LogP contribution in [-0.2, 0) is 0 Å². The van der Waals surface area contributed by atoms with Crippen LogP contribution >= 0.6 is 0 Å². The zero-order valence-corrected chi connectivity index (χ0v) is 6.10. The second-order valence-electron chi connectivity index (χ2n) is 2.44. The van der Waals surface area contributed by atoms with Gasteiger partial charge in [-0.1, -0.05) is 28.6 Å². The first-order chi connectivity index (χ1) is 5.27. The molecular weight excluding hydrogens is 144 g/mol. The number of hydrogen-bond donors (Lipinski definition) is 0. The molecule has 0 fully saturated rings. The standard InChI is InChI=1S/C7H8N2O2/c1-5-4-6(8-10)2-3-7(5)9-11/h2-4,6-7H,1H3. The second kappa shape index (κ2) is 3.18. The minimum atomic E-state index is -0.423. The molecule has 0 saturated heterocycles. The number of nitrogens with zero attached hydrogens (tertiary/aromatic N) is 2. The molecule has 1 aliphatic rings. The van der Waals surface area contributed by atoms with Crippen LogP contribution in [0.15, 0.2) is 34.2 Å². The molecule has 0 saturated carbocycles.